The van der Waals surface area contributed by atoms with Gasteiger partial charge in [0.1, 0.15) is 5.84 Å². The van der Waals surface area contributed by atoms with Gasteiger partial charge in [0.15, 0.2) is 0 Å². The van der Waals surface area contributed by atoms with E-state index < -0.39 is 0 Å². The van der Waals surface area contributed by atoms with E-state index >= 15 is 0 Å². The molecule has 0 unspecified atom stereocenters. The molecule has 1 aliphatic heterocycles. The molecule has 2 aliphatic rings. The molecule has 1 aliphatic carbocycles. The van der Waals surface area contributed by atoms with Crippen LogP contribution in [0, 0.1) is 5.92 Å². The molecule has 15 heavy (non-hydrogen) atoms. The van der Waals surface area contributed by atoms with E-state index in [0.717, 1.165) is 12.3 Å². The minimum atomic E-state index is 0.00565. The van der Waals surface area contributed by atoms with E-state index in [1.165, 1.54) is 11.1 Å². The van der Waals surface area contributed by atoms with Gasteiger partial charge in [0.05, 0.1) is 12.0 Å². The molecular weight excluding hydrogens is 188 g/mol. The second-order valence-electron chi connectivity index (χ2n) is 4.16. The van der Waals surface area contributed by atoms with Crippen LogP contribution in [0.5, 0.6) is 0 Å². The van der Waals surface area contributed by atoms with Crippen LogP contribution >= 0.6 is 0 Å². The molecule has 1 amide bonds. The SMILES string of the molecule is CC1=N[C@H]2c3ccccc3C[C@H]2C(=O)N1. The van der Waals surface area contributed by atoms with Gasteiger partial charge in [0.2, 0.25) is 5.91 Å². The number of nitrogens with zero attached hydrogens (tertiary/aromatic N) is 1. The van der Waals surface area contributed by atoms with Crippen LogP contribution in [0.2, 0.25) is 0 Å². The zero-order valence-corrected chi connectivity index (χ0v) is 8.53. The number of fused-ring (bicyclic) bond motifs is 3. The Balaban J connectivity index is 2.12. The lowest BCUT2D eigenvalue weighted by Crippen LogP contribution is -2.40. The lowest BCUT2D eigenvalue weighted by Gasteiger charge is -2.22. The van der Waals surface area contributed by atoms with Crippen LogP contribution in [0.25, 0.3) is 0 Å². The number of nitrogens with one attached hydrogen (secondary N) is 1. The number of carbonyl (C=O) groups excluding carboxylic acids is 1. The fourth-order valence-electron chi connectivity index (χ4n) is 2.48. The first-order valence-corrected chi connectivity index (χ1v) is 5.19. The molecule has 1 aromatic rings. The molecule has 0 aromatic heterocycles. The van der Waals surface area contributed by atoms with Gasteiger partial charge in [-0.2, -0.15) is 0 Å². The topological polar surface area (TPSA) is 41.5 Å². The summed E-state index contributed by atoms with van der Waals surface area (Å²) in [6.07, 6.45) is 0.823. The Kier molecular flexibility index (Phi) is 1.69. The number of carbonyl (C=O) groups is 1. The molecule has 0 spiro atoms. The van der Waals surface area contributed by atoms with Crippen molar-refractivity contribution in [2.45, 2.75) is 19.4 Å². The standard InChI is InChI=1S/C12H12N2O/c1-7-13-11-9-5-3-2-4-8(9)6-10(11)12(15)14-7/h2-5,10-11H,6H2,1H3,(H,13,14,15)/t10-,11+/m1/s1. The van der Waals surface area contributed by atoms with Crippen molar-refractivity contribution < 1.29 is 4.79 Å². The summed E-state index contributed by atoms with van der Waals surface area (Å²) in [6.45, 7) is 1.84. The summed E-state index contributed by atoms with van der Waals surface area (Å²) in [5, 5.41) is 2.80. The number of amidine groups is 1. The summed E-state index contributed by atoms with van der Waals surface area (Å²) in [6, 6.07) is 8.25. The summed E-state index contributed by atoms with van der Waals surface area (Å²) >= 11 is 0. The molecule has 3 rings (SSSR count). The predicted molar refractivity (Wildman–Crippen MR) is 57.6 cm³/mol. The average molecular weight is 200 g/mol. The molecule has 1 heterocycles. The normalized spacial score (nSPS) is 27.8. The first-order valence-electron chi connectivity index (χ1n) is 5.19. The Hall–Kier alpha value is -1.64. The smallest absolute Gasteiger partial charge is 0.231 e. The number of rotatable bonds is 0. The van der Waals surface area contributed by atoms with E-state index in [1.807, 2.05) is 19.1 Å². The number of amides is 1. The molecule has 3 nitrogen and oxygen atoms in total. The minimum Gasteiger partial charge on any atom is -0.314 e. The molecule has 1 N–H and O–H groups in total. The summed E-state index contributed by atoms with van der Waals surface area (Å²) in [7, 11) is 0. The Morgan fingerprint density at radius 1 is 1.40 bits per heavy atom. The van der Waals surface area contributed by atoms with Crippen molar-refractivity contribution in [3.8, 4) is 0 Å². The van der Waals surface area contributed by atoms with Gasteiger partial charge in [0.25, 0.3) is 0 Å². The van der Waals surface area contributed by atoms with E-state index in [-0.39, 0.29) is 17.9 Å². The first kappa shape index (κ1) is 8.65. The highest BCUT2D eigenvalue weighted by Crippen LogP contribution is 2.40. The lowest BCUT2D eigenvalue weighted by molar-refractivity contribution is -0.124. The van der Waals surface area contributed by atoms with Crippen molar-refractivity contribution >= 4 is 11.7 Å². The van der Waals surface area contributed by atoms with Gasteiger partial charge >= 0.3 is 0 Å². The zero-order valence-electron chi connectivity index (χ0n) is 8.53. The second-order valence-corrected chi connectivity index (χ2v) is 4.16. The summed E-state index contributed by atoms with van der Waals surface area (Å²) in [4.78, 5) is 16.3. The van der Waals surface area contributed by atoms with Gasteiger partial charge in [-0.15, -0.1) is 0 Å². The molecule has 0 saturated heterocycles. The average Bonchev–Trinajstić information content (AvgIpc) is 2.57. The van der Waals surface area contributed by atoms with Crippen LogP contribution < -0.4 is 5.32 Å². The van der Waals surface area contributed by atoms with Gasteiger partial charge < -0.3 is 5.32 Å². The Labute approximate surface area is 88.2 Å². The third-order valence-corrected chi connectivity index (χ3v) is 3.17. The number of hydrogen-bond acceptors (Lipinski definition) is 2. The quantitative estimate of drug-likeness (QED) is 0.676. The lowest BCUT2D eigenvalue weighted by atomic mass is 9.99. The maximum absolute atomic E-state index is 11.8. The van der Waals surface area contributed by atoms with E-state index in [9.17, 15) is 4.79 Å². The highest BCUT2D eigenvalue weighted by molar-refractivity contribution is 6.01. The summed E-state index contributed by atoms with van der Waals surface area (Å²) in [5.74, 6) is 0.854. The van der Waals surface area contributed by atoms with Crippen molar-refractivity contribution in [1.29, 1.82) is 0 Å². The number of hydrogen-bond donors (Lipinski definition) is 1. The van der Waals surface area contributed by atoms with Gasteiger partial charge in [-0.3, -0.25) is 9.79 Å². The highest BCUT2D eigenvalue weighted by atomic mass is 16.2. The molecule has 0 saturated carbocycles. The van der Waals surface area contributed by atoms with Crippen molar-refractivity contribution in [2.75, 3.05) is 0 Å². The molecule has 0 bridgehead atoms. The third-order valence-electron chi connectivity index (χ3n) is 3.17. The molecule has 0 fully saturated rings. The highest BCUT2D eigenvalue weighted by Gasteiger charge is 2.39. The Morgan fingerprint density at radius 3 is 3.07 bits per heavy atom. The monoisotopic (exact) mass is 200 g/mol. The molecule has 2 atom stereocenters. The van der Waals surface area contributed by atoms with Crippen LogP contribution in [0.3, 0.4) is 0 Å². The van der Waals surface area contributed by atoms with Gasteiger partial charge in [-0.25, -0.2) is 0 Å². The summed E-state index contributed by atoms with van der Waals surface area (Å²) < 4.78 is 0. The second kappa shape index (κ2) is 2.92. The Morgan fingerprint density at radius 2 is 2.20 bits per heavy atom. The third kappa shape index (κ3) is 1.19. The largest absolute Gasteiger partial charge is 0.314 e. The molecule has 3 heteroatoms. The predicted octanol–water partition coefficient (Wildman–Crippen LogP) is 1.45. The van der Waals surface area contributed by atoms with Crippen LogP contribution in [-0.2, 0) is 11.2 Å². The van der Waals surface area contributed by atoms with Crippen molar-refractivity contribution in [2.24, 2.45) is 10.9 Å². The number of aliphatic imine (C=N–C) groups is 1. The van der Waals surface area contributed by atoms with E-state index in [2.05, 4.69) is 22.4 Å². The Bertz CT molecular complexity index is 464. The van der Waals surface area contributed by atoms with E-state index in [0.29, 0.717) is 0 Å². The van der Waals surface area contributed by atoms with Gasteiger partial charge in [0, 0.05) is 0 Å². The maximum Gasteiger partial charge on any atom is 0.231 e. The fraction of sp³-hybridized carbons (Fsp3) is 0.333. The molecule has 1 aromatic carbocycles. The summed E-state index contributed by atoms with van der Waals surface area (Å²) in [5.41, 5.74) is 2.48. The fourth-order valence-corrected chi connectivity index (χ4v) is 2.48. The van der Waals surface area contributed by atoms with Crippen LogP contribution in [-0.4, -0.2) is 11.7 Å². The van der Waals surface area contributed by atoms with Gasteiger partial charge in [-0.1, -0.05) is 24.3 Å². The van der Waals surface area contributed by atoms with E-state index in [1.54, 1.807) is 0 Å². The molecule has 76 valence electrons. The van der Waals surface area contributed by atoms with Crippen LogP contribution in [0.1, 0.15) is 24.1 Å². The molecular formula is C12H12N2O. The minimum absolute atomic E-state index is 0.00565. The molecule has 0 radical (unpaired) electrons. The number of benzene rings is 1. The van der Waals surface area contributed by atoms with Gasteiger partial charge in [-0.05, 0) is 24.5 Å². The van der Waals surface area contributed by atoms with Crippen LogP contribution in [0.15, 0.2) is 29.3 Å². The zero-order chi connectivity index (χ0) is 10.4. The maximum atomic E-state index is 11.8. The van der Waals surface area contributed by atoms with Crippen molar-refractivity contribution in [3.05, 3.63) is 35.4 Å². The van der Waals surface area contributed by atoms with Crippen molar-refractivity contribution in [1.82, 2.24) is 5.32 Å². The van der Waals surface area contributed by atoms with Crippen molar-refractivity contribution in [3.63, 3.8) is 0 Å². The van der Waals surface area contributed by atoms with E-state index in [4.69, 9.17) is 0 Å². The van der Waals surface area contributed by atoms with Crippen LogP contribution in [0.4, 0.5) is 0 Å². The first-order chi connectivity index (χ1) is 7.25.